The zero-order valence-corrected chi connectivity index (χ0v) is 17.0. The molecule has 7 nitrogen and oxygen atoms in total. The van der Waals surface area contributed by atoms with Gasteiger partial charge in [0.25, 0.3) is 17.7 Å². The van der Waals surface area contributed by atoms with Crippen LogP contribution in [0, 0.1) is 0 Å². The van der Waals surface area contributed by atoms with Crippen molar-refractivity contribution in [3.63, 3.8) is 0 Å². The molecule has 3 amide bonds. The summed E-state index contributed by atoms with van der Waals surface area (Å²) < 4.78 is 5.28. The first-order valence-corrected chi connectivity index (χ1v) is 9.95. The van der Waals surface area contributed by atoms with Gasteiger partial charge >= 0.3 is 5.97 Å². The average Bonchev–Trinajstić information content (AvgIpc) is 3.00. The maximum atomic E-state index is 12.7. The third kappa shape index (κ3) is 4.40. The highest BCUT2D eigenvalue weighted by molar-refractivity contribution is 6.21. The van der Waals surface area contributed by atoms with Crippen LogP contribution in [0.15, 0.2) is 54.6 Å². The van der Waals surface area contributed by atoms with Gasteiger partial charge in [0.1, 0.15) is 0 Å². The minimum atomic E-state index is -0.933. The Balaban J connectivity index is 1.49. The summed E-state index contributed by atoms with van der Waals surface area (Å²) in [6.07, 6.45) is -0.666. The number of likely N-dealkylation sites (N-methyl/N-ethyl adjacent to an activating group) is 1. The number of esters is 1. The van der Waals surface area contributed by atoms with Gasteiger partial charge in [-0.15, -0.1) is 0 Å². The summed E-state index contributed by atoms with van der Waals surface area (Å²) in [4.78, 5) is 52.2. The largest absolute Gasteiger partial charge is 0.453 e. The Kier molecular flexibility index (Phi) is 6.61. The van der Waals surface area contributed by atoms with Crippen LogP contribution in [-0.2, 0) is 14.3 Å². The van der Waals surface area contributed by atoms with Crippen molar-refractivity contribution in [2.24, 2.45) is 0 Å². The van der Waals surface area contributed by atoms with Gasteiger partial charge in [-0.1, -0.05) is 30.3 Å². The molecule has 0 fully saturated rings. The summed E-state index contributed by atoms with van der Waals surface area (Å²) in [5.41, 5.74) is 1.49. The van der Waals surface area contributed by atoms with Crippen LogP contribution in [0.2, 0.25) is 0 Å². The van der Waals surface area contributed by atoms with E-state index in [-0.39, 0.29) is 37.1 Å². The van der Waals surface area contributed by atoms with Gasteiger partial charge in [-0.05, 0) is 44.5 Å². The smallest absolute Gasteiger partial charge is 0.306 e. The summed E-state index contributed by atoms with van der Waals surface area (Å²) in [6.45, 7) is 3.96. The Morgan fingerprint density at radius 2 is 1.53 bits per heavy atom. The number of ether oxygens (including phenoxy) is 1. The molecule has 2 aromatic rings. The molecule has 0 saturated carbocycles. The normalized spacial score (nSPS) is 13.7. The lowest BCUT2D eigenvalue weighted by molar-refractivity contribution is -0.154. The number of rotatable bonds is 8. The first-order chi connectivity index (χ1) is 14.4. The molecule has 0 unspecified atom stereocenters. The van der Waals surface area contributed by atoms with E-state index in [1.54, 1.807) is 29.2 Å². The molecule has 1 heterocycles. The fraction of sp³-hybridized carbons (Fsp3) is 0.304. The molecule has 0 radical (unpaired) electrons. The Hall–Kier alpha value is -3.48. The number of carbonyl (C=O) groups is 4. The Morgan fingerprint density at radius 1 is 0.967 bits per heavy atom. The Bertz CT molecular complexity index is 922. The predicted molar refractivity (Wildman–Crippen MR) is 111 cm³/mol. The zero-order chi connectivity index (χ0) is 21.7. The van der Waals surface area contributed by atoms with E-state index in [2.05, 4.69) is 0 Å². The van der Waals surface area contributed by atoms with Crippen LogP contribution >= 0.6 is 0 Å². The zero-order valence-electron chi connectivity index (χ0n) is 17.0. The fourth-order valence-electron chi connectivity index (χ4n) is 3.42. The van der Waals surface area contributed by atoms with E-state index in [0.29, 0.717) is 17.7 Å². The van der Waals surface area contributed by atoms with Crippen molar-refractivity contribution >= 4 is 29.4 Å². The van der Waals surface area contributed by atoms with Gasteiger partial charge in [0, 0.05) is 25.2 Å². The van der Waals surface area contributed by atoms with Gasteiger partial charge in [-0.2, -0.15) is 0 Å². The second kappa shape index (κ2) is 9.35. The lowest BCUT2D eigenvalue weighted by Gasteiger charge is -2.24. The third-order valence-corrected chi connectivity index (χ3v) is 4.95. The van der Waals surface area contributed by atoms with E-state index in [9.17, 15) is 19.2 Å². The van der Waals surface area contributed by atoms with Gasteiger partial charge in [0.05, 0.1) is 11.1 Å². The van der Waals surface area contributed by atoms with Gasteiger partial charge < -0.3 is 9.64 Å². The maximum absolute atomic E-state index is 12.7. The minimum absolute atomic E-state index is 0.00247. The van der Waals surface area contributed by atoms with Crippen molar-refractivity contribution in [3.05, 3.63) is 65.7 Å². The standard InChI is InChI=1S/C23H24N2O5/c1-3-24(17-10-5-4-6-11-17)21(27)16(2)30-20(26)14-9-15-25-22(28)18-12-7-8-13-19(18)23(25)29/h4-8,10-13,16H,3,9,14-15H2,1-2H3/t16-/m0/s1. The van der Waals surface area contributed by atoms with Crippen molar-refractivity contribution in [1.82, 2.24) is 4.90 Å². The number of para-hydroxylation sites is 1. The van der Waals surface area contributed by atoms with E-state index in [1.165, 1.54) is 6.92 Å². The molecule has 0 spiro atoms. The molecule has 0 bridgehead atoms. The molecule has 3 rings (SSSR count). The van der Waals surface area contributed by atoms with Crippen LogP contribution in [-0.4, -0.2) is 47.8 Å². The van der Waals surface area contributed by atoms with E-state index >= 15 is 0 Å². The van der Waals surface area contributed by atoms with E-state index in [0.717, 1.165) is 10.6 Å². The highest BCUT2D eigenvalue weighted by Crippen LogP contribution is 2.22. The van der Waals surface area contributed by atoms with E-state index in [1.807, 2.05) is 37.3 Å². The molecule has 0 aliphatic carbocycles. The van der Waals surface area contributed by atoms with E-state index < -0.39 is 12.1 Å². The summed E-state index contributed by atoms with van der Waals surface area (Å²) in [5, 5.41) is 0. The molecule has 2 aromatic carbocycles. The number of amides is 3. The second-order valence-electron chi connectivity index (χ2n) is 6.96. The third-order valence-electron chi connectivity index (χ3n) is 4.95. The summed E-state index contributed by atoms with van der Waals surface area (Å²) >= 11 is 0. The molecule has 1 atom stereocenters. The second-order valence-corrected chi connectivity index (χ2v) is 6.96. The first-order valence-electron chi connectivity index (χ1n) is 9.95. The molecule has 1 aliphatic rings. The molecule has 7 heteroatoms. The highest BCUT2D eigenvalue weighted by atomic mass is 16.5. The molecule has 156 valence electrons. The number of hydrogen-bond acceptors (Lipinski definition) is 5. The summed E-state index contributed by atoms with van der Waals surface area (Å²) in [6, 6.07) is 15.8. The fourth-order valence-corrected chi connectivity index (χ4v) is 3.42. The number of anilines is 1. The number of imide groups is 1. The highest BCUT2D eigenvalue weighted by Gasteiger charge is 2.34. The lowest BCUT2D eigenvalue weighted by atomic mass is 10.1. The monoisotopic (exact) mass is 408 g/mol. The van der Waals surface area contributed by atoms with Crippen molar-refractivity contribution in [2.45, 2.75) is 32.8 Å². The van der Waals surface area contributed by atoms with Crippen LogP contribution < -0.4 is 4.90 Å². The van der Waals surface area contributed by atoms with Crippen molar-refractivity contribution in [3.8, 4) is 0 Å². The van der Waals surface area contributed by atoms with Gasteiger partial charge in [0.15, 0.2) is 6.10 Å². The number of carbonyl (C=O) groups excluding carboxylic acids is 4. The maximum Gasteiger partial charge on any atom is 0.306 e. The summed E-state index contributed by atoms with van der Waals surface area (Å²) in [7, 11) is 0. The Labute approximate surface area is 175 Å². The predicted octanol–water partition coefficient (Wildman–Crippen LogP) is 3.05. The molecule has 30 heavy (non-hydrogen) atoms. The van der Waals surface area contributed by atoms with Crippen molar-refractivity contribution in [1.29, 1.82) is 0 Å². The van der Waals surface area contributed by atoms with Crippen molar-refractivity contribution in [2.75, 3.05) is 18.0 Å². The van der Waals surface area contributed by atoms with Crippen LogP contribution in [0.4, 0.5) is 5.69 Å². The Morgan fingerprint density at radius 3 is 2.10 bits per heavy atom. The number of fused-ring (bicyclic) bond motifs is 1. The molecular weight excluding hydrogens is 384 g/mol. The summed E-state index contributed by atoms with van der Waals surface area (Å²) in [5.74, 6) is -1.56. The van der Waals surface area contributed by atoms with Gasteiger partial charge in [0.2, 0.25) is 0 Å². The lowest BCUT2D eigenvalue weighted by Crippen LogP contribution is -2.40. The van der Waals surface area contributed by atoms with Crippen LogP contribution in [0.3, 0.4) is 0 Å². The number of benzene rings is 2. The number of hydrogen-bond donors (Lipinski definition) is 0. The minimum Gasteiger partial charge on any atom is -0.453 e. The SMILES string of the molecule is CCN(C(=O)[C@H](C)OC(=O)CCCN1C(=O)c2ccccc2C1=O)c1ccccc1. The van der Waals surface area contributed by atoms with Crippen LogP contribution in [0.1, 0.15) is 47.4 Å². The molecular formula is C23H24N2O5. The quantitative estimate of drug-likeness (QED) is 0.495. The molecule has 0 aromatic heterocycles. The average molecular weight is 408 g/mol. The molecule has 1 aliphatic heterocycles. The first kappa shape index (κ1) is 21.2. The van der Waals surface area contributed by atoms with Gasteiger partial charge in [-0.25, -0.2) is 0 Å². The number of nitrogens with zero attached hydrogens (tertiary/aromatic N) is 2. The van der Waals surface area contributed by atoms with Crippen LogP contribution in [0.5, 0.6) is 0 Å². The molecule has 0 N–H and O–H groups in total. The van der Waals surface area contributed by atoms with E-state index in [4.69, 9.17) is 4.74 Å². The van der Waals surface area contributed by atoms with Gasteiger partial charge in [-0.3, -0.25) is 24.1 Å². The van der Waals surface area contributed by atoms with Crippen molar-refractivity contribution < 1.29 is 23.9 Å². The molecule has 0 saturated heterocycles. The topological polar surface area (TPSA) is 84.0 Å². The van der Waals surface area contributed by atoms with Crippen LogP contribution in [0.25, 0.3) is 0 Å².